The standard InChI is InChI=1S/C24H25FN6O2/c1-26-17-9-11-31(12-10-17)24-29-22(16-6-8-20(27-2)28-14-16)21(23(32)30(24)3)15-5-7-19(33-4)18(25)13-15/h5-8,13-14,17,26H,9-12H2,1,3-4H3. The van der Waals surface area contributed by atoms with Crippen LogP contribution in [0.1, 0.15) is 12.8 Å². The number of hydrogen-bond donors (Lipinski definition) is 1. The molecule has 0 radical (unpaired) electrons. The lowest BCUT2D eigenvalue weighted by molar-refractivity contribution is 0.386. The number of hydrogen-bond acceptors (Lipinski definition) is 6. The zero-order valence-electron chi connectivity index (χ0n) is 18.8. The quantitative estimate of drug-likeness (QED) is 0.603. The molecule has 1 saturated heterocycles. The number of halogens is 1. The van der Waals surface area contributed by atoms with Crippen molar-refractivity contribution >= 4 is 11.8 Å². The third kappa shape index (κ3) is 4.30. The zero-order valence-corrected chi connectivity index (χ0v) is 18.8. The molecule has 0 saturated carbocycles. The minimum atomic E-state index is -0.567. The third-order valence-corrected chi connectivity index (χ3v) is 6.03. The van der Waals surface area contributed by atoms with Crippen LogP contribution in [0.3, 0.4) is 0 Å². The Balaban J connectivity index is 1.90. The van der Waals surface area contributed by atoms with E-state index in [2.05, 4.69) is 20.0 Å². The Kier molecular flexibility index (Phi) is 6.38. The van der Waals surface area contributed by atoms with Gasteiger partial charge in [-0.25, -0.2) is 9.37 Å². The molecule has 1 N–H and O–H groups in total. The lowest BCUT2D eigenvalue weighted by atomic mass is 10.0. The normalized spacial score (nSPS) is 14.2. The van der Waals surface area contributed by atoms with Crippen molar-refractivity contribution in [3.05, 3.63) is 64.1 Å². The van der Waals surface area contributed by atoms with Crippen LogP contribution in [0.25, 0.3) is 27.2 Å². The number of ether oxygens (including phenoxy) is 1. The smallest absolute Gasteiger partial charge is 0.269 e. The van der Waals surface area contributed by atoms with Gasteiger partial charge in [-0.2, -0.15) is 0 Å². The SMILES string of the molecule is [C-]#[N+]c1ccc(-c2nc(N3CCC(NC)CC3)n(C)c(=O)c2-c2ccc(OC)c(F)c2)cn1. The third-order valence-electron chi connectivity index (χ3n) is 6.03. The average molecular weight is 449 g/mol. The second-order valence-corrected chi connectivity index (χ2v) is 7.92. The summed E-state index contributed by atoms with van der Waals surface area (Å²) in [5.41, 5.74) is 1.36. The number of nitrogens with one attached hydrogen (secondary N) is 1. The number of nitrogens with zero attached hydrogens (tertiary/aromatic N) is 5. The molecule has 1 aliphatic heterocycles. The van der Waals surface area contributed by atoms with Crippen molar-refractivity contribution in [3.8, 4) is 28.1 Å². The van der Waals surface area contributed by atoms with Crippen LogP contribution in [0.5, 0.6) is 5.75 Å². The monoisotopic (exact) mass is 448 g/mol. The second-order valence-electron chi connectivity index (χ2n) is 7.92. The molecular formula is C24H25FN6O2. The van der Waals surface area contributed by atoms with E-state index in [0.29, 0.717) is 28.8 Å². The van der Waals surface area contributed by atoms with Gasteiger partial charge in [-0.1, -0.05) is 18.7 Å². The first-order chi connectivity index (χ1) is 16.0. The van der Waals surface area contributed by atoms with E-state index < -0.39 is 5.82 Å². The van der Waals surface area contributed by atoms with Gasteiger partial charge in [-0.05, 0) is 43.7 Å². The van der Waals surface area contributed by atoms with Crippen molar-refractivity contribution in [2.75, 3.05) is 32.1 Å². The van der Waals surface area contributed by atoms with Gasteiger partial charge in [0.05, 0.1) is 18.4 Å². The summed E-state index contributed by atoms with van der Waals surface area (Å²) in [6, 6.07) is 8.14. The highest BCUT2D eigenvalue weighted by Crippen LogP contribution is 2.32. The minimum Gasteiger partial charge on any atom is -0.494 e. The number of rotatable bonds is 5. The Labute approximate surface area is 191 Å². The molecule has 4 rings (SSSR count). The van der Waals surface area contributed by atoms with Crippen LogP contribution in [-0.2, 0) is 7.05 Å². The van der Waals surface area contributed by atoms with Gasteiger partial charge in [0.1, 0.15) is 6.20 Å². The molecule has 0 bridgehead atoms. The fourth-order valence-corrected chi connectivity index (χ4v) is 4.12. The van der Waals surface area contributed by atoms with Gasteiger partial charge >= 0.3 is 0 Å². The summed E-state index contributed by atoms with van der Waals surface area (Å²) in [5.74, 6) is 0.324. The maximum atomic E-state index is 14.5. The summed E-state index contributed by atoms with van der Waals surface area (Å²) in [4.78, 5) is 28.1. The number of pyridine rings is 1. The summed E-state index contributed by atoms with van der Waals surface area (Å²) < 4.78 is 21.1. The van der Waals surface area contributed by atoms with E-state index in [9.17, 15) is 9.18 Å². The molecule has 9 heteroatoms. The number of benzene rings is 1. The topological polar surface area (TPSA) is 76.6 Å². The first-order valence-electron chi connectivity index (χ1n) is 10.7. The summed E-state index contributed by atoms with van der Waals surface area (Å²) >= 11 is 0. The minimum absolute atomic E-state index is 0.0946. The van der Waals surface area contributed by atoms with E-state index >= 15 is 0 Å². The highest BCUT2D eigenvalue weighted by molar-refractivity contribution is 5.81. The van der Waals surface area contributed by atoms with Crippen LogP contribution in [0, 0.1) is 12.4 Å². The lowest BCUT2D eigenvalue weighted by Gasteiger charge is -2.33. The first-order valence-corrected chi connectivity index (χ1v) is 10.7. The van der Waals surface area contributed by atoms with Gasteiger partial charge in [-0.15, -0.1) is 4.98 Å². The fraction of sp³-hybridized carbons (Fsp3) is 0.333. The predicted molar refractivity (Wildman–Crippen MR) is 125 cm³/mol. The van der Waals surface area contributed by atoms with Crippen molar-refractivity contribution in [1.82, 2.24) is 19.9 Å². The maximum Gasteiger partial charge on any atom is 0.269 e. The summed E-state index contributed by atoms with van der Waals surface area (Å²) in [6.07, 6.45) is 3.40. The van der Waals surface area contributed by atoms with Crippen LogP contribution in [0.15, 0.2) is 41.3 Å². The Morgan fingerprint density at radius 3 is 2.52 bits per heavy atom. The maximum absolute atomic E-state index is 14.5. The highest BCUT2D eigenvalue weighted by Gasteiger charge is 2.25. The molecular weight excluding hydrogens is 423 g/mol. The Morgan fingerprint density at radius 2 is 1.94 bits per heavy atom. The Hall–Kier alpha value is -3.77. The van der Waals surface area contributed by atoms with Gasteiger partial charge in [-0.3, -0.25) is 9.36 Å². The molecule has 3 heterocycles. The summed E-state index contributed by atoms with van der Waals surface area (Å²) in [6.45, 7) is 8.67. The van der Waals surface area contributed by atoms with Crippen molar-refractivity contribution in [3.63, 3.8) is 0 Å². The van der Waals surface area contributed by atoms with Crippen molar-refractivity contribution in [2.45, 2.75) is 18.9 Å². The number of methoxy groups -OCH3 is 1. The zero-order chi connectivity index (χ0) is 23.5. The fourth-order valence-electron chi connectivity index (χ4n) is 4.12. The lowest BCUT2D eigenvalue weighted by Crippen LogP contribution is -2.43. The average Bonchev–Trinajstić information content (AvgIpc) is 2.85. The molecule has 0 amide bonds. The molecule has 2 aromatic heterocycles. The van der Waals surface area contributed by atoms with E-state index in [1.165, 1.54) is 30.0 Å². The van der Waals surface area contributed by atoms with E-state index in [1.54, 1.807) is 25.2 Å². The van der Waals surface area contributed by atoms with E-state index in [4.69, 9.17) is 16.3 Å². The van der Waals surface area contributed by atoms with Gasteiger partial charge in [0.2, 0.25) is 5.95 Å². The van der Waals surface area contributed by atoms with E-state index in [1.807, 2.05) is 7.05 Å². The Morgan fingerprint density at radius 1 is 1.21 bits per heavy atom. The molecule has 0 unspecified atom stereocenters. The molecule has 1 aliphatic rings. The molecule has 1 fully saturated rings. The van der Waals surface area contributed by atoms with Crippen molar-refractivity contribution < 1.29 is 9.13 Å². The largest absolute Gasteiger partial charge is 0.494 e. The number of aromatic nitrogens is 3. The molecule has 1 aromatic carbocycles. The van der Waals surface area contributed by atoms with Gasteiger partial charge in [0, 0.05) is 31.7 Å². The van der Waals surface area contributed by atoms with Crippen LogP contribution in [0.4, 0.5) is 16.2 Å². The van der Waals surface area contributed by atoms with Crippen LogP contribution < -0.4 is 20.5 Å². The number of piperidine rings is 1. The van der Waals surface area contributed by atoms with Crippen molar-refractivity contribution in [1.29, 1.82) is 0 Å². The molecule has 0 aliphatic carbocycles. The Bertz CT molecular complexity index is 1260. The molecule has 0 spiro atoms. The number of anilines is 1. The van der Waals surface area contributed by atoms with Crippen LogP contribution in [-0.4, -0.2) is 47.8 Å². The van der Waals surface area contributed by atoms with Gasteiger partial charge < -0.3 is 19.8 Å². The van der Waals surface area contributed by atoms with E-state index in [-0.39, 0.29) is 22.7 Å². The summed E-state index contributed by atoms with van der Waals surface area (Å²) in [5, 5.41) is 3.30. The van der Waals surface area contributed by atoms with Crippen LogP contribution in [0.2, 0.25) is 0 Å². The van der Waals surface area contributed by atoms with Crippen molar-refractivity contribution in [2.24, 2.45) is 7.05 Å². The predicted octanol–water partition coefficient (Wildman–Crippen LogP) is 3.40. The molecule has 0 atom stereocenters. The molecule has 33 heavy (non-hydrogen) atoms. The molecule has 170 valence electrons. The summed E-state index contributed by atoms with van der Waals surface area (Å²) in [7, 11) is 5.03. The second kappa shape index (κ2) is 9.38. The first kappa shape index (κ1) is 22.4. The van der Waals surface area contributed by atoms with Crippen LogP contribution >= 0.6 is 0 Å². The van der Waals surface area contributed by atoms with Gasteiger partial charge in [0.25, 0.3) is 11.4 Å². The molecule has 8 nitrogen and oxygen atoms in total. The highest BCUT2D eigenvalue weighted by atomic mass is 19.1. The van der Waals surface area contributed by atoms with Gasteiger partial charge in [0.15, 0.2) is 11.6 Å². The molecule has 3 aromatic rings. The van der Waals surface area contributed by atoms with E-state index in [0.717, 1.165) is 25.9 Å².